The molecule has 0 bridgehead atoms. The van der Waals surface area contributed by atoms with E-state index in [2.05, 4.69) is 10.7 Å². The van der Waals surface area contributed by atoms with Gasteiger partial charge < -0.3 is 10.1 Å². The maximum atomic E-state index is 12.3. The summed E-state index contributed by atoms with van der Waals surface area (Å²) in [5, 5.41) is 2.92. The molecular weight excluding hydrogens is 330 g/mol. The molecule has 140 valence electrons. The van der Waals surface area contributed by atoms with Gasteiger partial charge in [-0.15, -0.1) is 0 Å². The van der Waals surface area contributed by atoms with E-state index in [1.807, 2.05) is 39.8 Å². The number of ether oxygens (including phenoxy) is 1. The summed E-state index contributed by atoms with van der Waals surface area (Å²) >= 11 is 0. The number of hydrogen-bond donors (Lipinski definition) is 2. The molecule has 0 atom stereocenters. The first-order chi connectivity index (χ1) is 12.4. The van der Waals surface area contributed by atoms with Gasteiger partial charge in [-0.1, -0.05) is 13.8 Å². The van der Waals surface area contributed by atoms with Crippen molar-refractivity contribution in [1.82, 2.24) is 9.99 Å². The van der Waals surface area contributed by atoms with Crippen LogP contribution in [0.3, 0.4) is 0 Å². The van der Waals surface area contributed by atoms with Crippen LogP contribution >= 0.6 is 0 Å². The maximum Gasteiger partial charge on any atom is 0.270 e. The number of carbonyl (C=O) groups is 2. The van der Waals surface area contributed by atoms with E-state index in [4.69, 9.17) is 4.74 Å². The molecule has 2 rings (SSSR count). The van der Waals surface area contributed by atoms with Gasteiger partial charge in [0, 0.05) is 23.0 Å². The normalized spacial score (nSPS) is 10.7. The molecule has 0 aliphatic carbocycles. The number of rotatable bonds is 8. The predicted molar refractivity (Wildman–Crippen MR) is 102 cm³/mol. The average molecular weight is 357 g/mol. The summed E-state index contributed by atoms with van der Waals surface area (Å²) in [7, 11) is 0. The third-order valence-electron chi connectivity index (χ3n) is 4.32. The second-order valence-corrected chi connectivity index (χ2v) is 6.29. The summed E-state index contributed by atoms with van der Waals surface area (Å²) in [4.78, 5) is 24.2. The quantitative estimate of drug-likeness (QED) is 0.762. The zero-order chi connectivity index (χ0) is 19.1. The van der Waals surface area contributed by atoms with E-state index in [1.54, 1.807) is 28.9 Å². The summed E-state index contributed by atoms with van der Waals surface area (Å²) in [6.45, 7) is 7.89. The largest absolute Gasteiger partial charge is 0.484 e. The fraction of sp³-hybridized carbons (Fsp3) is 0.400. The Morgan fingerprint density at radius 2 is 1.58 bits per heavy atom. The Bertz CT molecular complexity index is 727. The highest BCUT2D eigenvalue weighted by atomic mass is 16.5. The van der Waals surface area contributed by atoms with Crippen molar-refractivity contribution in [3.05, 3.63) is 53.3 Å². The number of hydrogen-bond acceptors (Lipinski definition) is 3. The minimum absolute atomic E-state index is 0.0379. The number of benzene rings is 1. The van der Waals surface area contributed by atoms with Crippen LogP contribution in [0, 0.1) is 13.8 Å². The smallest absolute Gasteiger partial charge is 0.270 e. The van der Waals surface area contributed by atoms with Gasteiger partial charge in [-0.25, -0.2) is 0 Å². The van der Waals surface area contributed by atoms with Crippen LogP contribution < -0.4 is 15.5 Å². The van der Waals surface area contributed by atoms with Crippen LogP contribution in [0.1, 0.15) is 48.4 Å². The van der Waals surface area contributed by atoms with Gasteiger partial charge in [-0.2, -0.15) is 0 Å². The molecule has 1 aromatic heterocycles. The van der Waals surface area contributed by atoms with Gasteiger partial charge in [-0.05, 0) is 63.1 Å². The summed E-state index contributed by atoms with van der Waals surface area (Å²) in [5.74, 6) is 0.207. The van der Waals surface area contributed by atoms with E-state index in [9.17, 15) is 9.59 Å². The number of nitrogens with one attached hydrogen (secondary N) is 2. The van der Waals surface area contributed by atoms with Crippen LogP contribution in [0.2, 0.25) is 0 Å². The van der Waals surface area contributed by atoms with Crippen LogP contribution in [0.25, 0.3) is 0 Å². The van der Waals surface area contributed by atoms with Crippen LogP contribution in [-0.4, -0.2) is 29.1 Å². The van der Waals surface area contributed by atoms with Gasteiger partial charge in [0.25, 0.3) is 11.8 Å². The molecule has 2 aromatic rings. The highest BCUT2D eigenvalue weighted by Crippen LogP contribution is 2.13. The monoisotopic (exact) mass is 357 g/mol. The Labute approximate surface area is 154 Å². The van der Waals surface area contributed by atoms with E-state index in [-0.39, 0.29) is 24.5 Å². The average Bonchev–Trinajstić information content (AvgIpc) is 2.96. The van der Waals surface area contributed by atoms with Crippen molar-refractivity contribution in [2.24, 2.45) is 0 Å². The topological polar surface area (TPSA) is 72.4 Å². The lowest BCUT2D eigenvalue weighted by atomic mass is 10.2. The Hall–Kier alpha value is -2.76. The van der Waals surface area contributed by atoms with Gasteiger partial charge in [0.1, 0.15) is 5.75 Å². The molecule has 2 amide bonds. The summed E-state index contributed by atoms with van der Waals surface area (Å²) in [5.41, 5.74) is 5.29. The van der Waals surface area contributed by atoms with Gasteiger partial charge in [-0.3, -0.25) is 19.7 Å². The van der Waals surface area contributed by atoms with Crippen LogP contribution in [0.15, 0.2) is 36.4 Å². The number of carbonyl (C=O) groups excluding carboxylic acids is 2. The van der Waals surface area contributed by atoms with Crippen molar-refractivity contribution >= 4 is 11.8 Å². The van der Waals surface area contributed by atoms with Crippen LogP contribution in [0.4, 0.5) is 0 Å². The summed E-state index contributed by atoms with van der Waals surface area (Å²) in [6, 6.07) is 10.8. The number of amides is 2. The minimum Gasteiger partial charge on any atom is -0.484 e. The molecule has 0 aliphatic rings. The van der Waals surface area contributed by atoms with Crippen molar-refractivity contribution in [3.63, 3.8) is 0 Å². The lowest BCUT2D eigenvalue weighted by Gasteiger charge is -2.15. The maximum absolute atomic E-state index is 12.3. The molecule has 1 aromatic carbocycles. The first-order valence-corrected chi connectivity index (χ1v) is 8.93. The van der Waals surface area contributed by atoms with Crippen molar-refractivity contribution < 1.29 is 14.3 Å². The van der Waals surface area contributed by atoms with Crippen molar-refractivity contribution in [2.45, 2.75) is 46.6 Å². The second-order valence-electron chi connectivity index (χ2n) is 6.29. The van der Waals surface area contributed by atoms with Gasteiger partial charge >= 0.3 is 0 Å². The molecule has 1 heterocycles. The molecule has 0 saturated heterocycles. The standard InChI is InChI=1S/C20H27N3O3/c1-5-17(6-2)21-19(24)13-26-18-11-9-16(10-12-18)20(25)22-23-14(3)7-8-15(23)4/h7-12,17H,5-6,13H2,1-4H3,(H,21,24)(H,22,25). The van der Waals surface area contributed by atoms with E-state index >= 15 is 0 Å². The van der Waals surface area contributed by atoms with E-state index < -0.39 is 0 Å². The Kier molecular flexibility index (Phi) is 6.83. The van der Waals surface area contributed by atoms with Gasteiger partial charge in [0.15, 0.2) is 6.61 Å². The Morgan fingerprint density at radius 3 is 2.12 bits per heavy atom. The lowest BCUT2D eigenvalue weighted by Crippen LogP contribution is -2.37. The van der Waals surface area contributed by atoms with Gasteiger partial charge in [0.05, 0.1) is 0 Å². The Morgan fingerprint density at radius 1 is 1.00 bits per heavy atom. The van der Waals surface area contributed by atoms with Crippen molar-refractivity contribution in [3.8, 4) is 5.75 Å². The molecule has 0 unspecified atom stereocenters. The third kappa shape index (κ3) is 5.12. The molecule has 26 heavy (non-hydrogen) atoms. The van der Waals surface area contributed by atoms with Crippen LogP contribution in [-0.2, 0) is 4.79 Å². The first kappa shape index (κ1) is 19.6. The highest BCUT2D eigenvalue weighted by Gasteiger charge is 2.11. The summed E-state index contributed by atoms with van der Waals surface area (Å²) in [6.07, 6.45) is 1.79. The van der Waals surface area contributed by atoms with E-state index in [1.165, 1.54) is 0 Å². The molecular formula is C20H27N3O3. The molecule has 0 fully saturated rings. The SMILES string of the molecule is CCC(CC)NC(=O)COc1ccc(C(=O)Nn2c(C)ccc2C)cc1. The molecule has 0 aliphatic heterocycles. The molecule has 6 heteroatoms. The second kappa shape index (κ2) is 9.08. The van der Waals surface area contributed by atoms with Crippen LogP contribution in [0.5, 0.6) is 5.75 Å². The zero-order valence-corrected chi connectivity index (χ0v) is 15.8. The fourth-order valence-electron chi connectivity index (χ4n) is 2.62. The van der Waals surface area contributed by atoms with Gasteiger partial charge in [0.2, 0.25) is 0 Å². The fourth-order valence-corrected chi connectivity index (χ4v) is 2.62. The van der Waals surface area contributed by atoms with E-state index in [0.29, 0.717) is 11.3 Å². The van der Waals surface area contributed by atoms with Crippen molar-refractivity contribution in [1.29, 1.82) is 0 Å². The van der Waals surface area contributed by atoms with Crippen molar-refractivity contribution in [2.75, 3.05) is 12.0 Å². The first-order valence-electron chi connectivity index (χ1n) is 8.93. The number of aromatic nitrogens is 1. The number of nitrogens with zero attached hydrogens (tertiary/aromatic N) is 1. The van der Waals surface area contributed by atoms with E-state index in [0.717, 1.165) is 24.2 Å². The predicted octanol–water partition coefficient (Wildman–Crippen LogP) is 3.17. The molecule has 6 nitrogen and oxygen atoms in total. The molecule has 2 N–H and O–H groups in total. The lowest BCUT2D eigenvalue weighted by molar-refractivity contribution is -0.123. The molecule has 0 saturated carbocycles. The molecule has 0 spiro atoms. The Balaban J connectivity index is 1.89. The summed E-state index contributed by atoms with van der Waals surface area (Å²) < 4.78 is 7.23. The highest BCUT2D eigenvalue weighted by molar-refractivity contribution is 6.00. The zero-order valence-electron chi connectivity index (χ0n) is 15.8. The number of aryl methyl sites for hydroxylation is 2. The molecule has 0 radical (unpaired) electrons. The minimum atomic E-state index is -0.203. The third-order valence-corrected chi connectivity index (χ3v) is 4.32.